The van der Waals surface area contributed by atoms with Gasteiger partial charge in [0, 0.05) is 5.92 Å². The van der Waals surface area contributed by atoms with Gasteiger partial charge >= 0.3 is 0 Å². The number of ether oxygens (including phenoxy) is 2. The smallest absolute Gasteiger partial charge is 0.233 e. The second-order valence-corrected chi connectivity index (χ2v) is 7.23. The SMILES string of the molecule is CCC12OC3C(O)C4CC3C1C4C(=O)N2c1ccccc1OC. The summed E-state index contributed by atoms with van der Waals surface area (Å²) in [6.07, 6.45) is 1.05. The first kappa shape index (κ1) is 13.8. The molecule has 0 radical (unpaired) electrons. The molecule has 1 amide bonds. The van der Waals surface area contributed by atoms with Crippen molar-refractivity contribution < 1.29 is 19.4 Å². The number of nitrogens with zero attached hydrogens (tertiary/aromatic N) is 1. The summed E-state index contributed by atoms with van der Waals surface area (Å²) in [5.41, 5.74) is 0.156. The van der Waals surface area contributed by atoms with Crippen LogP contribution < -0.4 is 9.64 Å². The third kappa shape index (κ3) is 1.36. The zero-order chi connectivity index (χ0) is 15.9. The molecule has 5 nitrogen and oxygen atoms in total. The lowest BCUT2D eigenvalue weighted by molar-refractivity contribution is -0.133. The van der Waals surface area contributed by atoms with Crippen LogP contribution in [0.15, 0.2) is 24.3 Å². The Kier molecular flexibility index (Phi) is 2.57. The van der Waals surface area contributed by atoms with Gasteiger partial charge < -0.3 is 14.6 Å². The van der Waals surface area contributed by atoms with Crippen molar-refractivity contribution in [2.24, 2.45) is 23.7 Å². The van der Waals surface area contributed by atoms with E-state index in [1.54, 1.807) is 7.11 Å². The molecular formula is C18H21NO4. The molecule has 1 aromatic rings. The van der Waals surface area contributed by atoms with Crippen molar-refractivity contribution in [3.63, 3.8) is 0 Å². The Morgan fingerprint density at radius 2 is 2.17 bits per heavy atom. The summed E-state index contributed by atoms with van der Waals surface area (Å²) in [5.74, 6) is 1.22. The molecule has 0 aromatic heterocycles. The Morgan fingerprint density at radius 3 is 2.91 bits per heavy atom. The summed E-state index contributed by atoms with van der Waals surface area (Å²) < 4.78 is 11.9. The van der Waals surface area contributed by atoms with Gasteiger partial charge in [-0.2, -0.15) is 0 Å². The molecule has 7 atom stereocenters. The minimum absolute atomic E-state index is 0.0515. The molecule has 122 valence electrons. The lowest BCUT2D eigenvalue weighted by atomic mass is 9.76. The Balaban J connectivity index is 1.69. The van der Waals surface area contributed by atoms with Crippen molar-refractivity contribution in [1.29, 1.82) is 0 Å². The topological polar surface area (TPSA) is 59.0 Å². The minimum Gasteiger partial charge on any atom is -0.495 e. The van der Waals surface area contributed by atoms with Crippen LogP contribution in [0.1, 0.15) is 19.8 Å². The van der Waals surface area contributed by atoms with E-state index >= 15 is 0 Å². The summed E-state index contributed by atoms with van der Waals surface area (Å²) in [5, 5.41) is 10.5. The first-order chi connectivity index (χ1) is 11.1. The monoisotopic (exact) mass is 315 g/mol. The molecule has 2 aliphatic carbocycles. The fraction of sp³-hybridized carbons (Fsp3) is 0.611. The van der Waals surface area contributed by atoms with Crippen molar-refractivity contribution in [3.05, 3.63) is 24.3 Å². The van der Waals surface area contributed by atoms with Crippen LogP contribution in [0.5, 0.6) is 5.75 Å². The molecule has 2 bridgehead atoms. The normalized spacial score (nSPS) is 46.0. The van der Waals surface area contributed by atoms with Gasteiger partial charge in [0.05, 0.1) is 30.9 Å². The van der Waals surface area contributed by atoms with Crippen LogP contribution in [0.25, 0.3) is 0 Å². The lowest BCUT2D eigenvalue weighted by Crippen LogP contribution is -2.51. The number of aliphatic hydroxyl groups is 1. The third-order valence-electron chi connectivity index (χ3n) is 6.63. The molecule has 7 unspecified atom stereocenters. The van der Waals surface area contributed by atoms with Crippen LogP contribution in [-0.2, 0) is 9.53 Å². The molecule has 1 aromatic carbocycles. The number of fused-ring (bicyclic) bond motifs is 2. The molecule has 4 fully saturated rings. The number of aliphatic hydroxyl groups excluding tert-OH is 1. The Morgan fingerprint density at radius 1 is 1.39 bits per heavy atom. The van der Waals surface area contributed by atoms with Crippen LogP contribution in [0.3, 0.4) is 0 Å². The fourth-order valence-electron chi connectivity index (χ4n) is 5.90. The highest BCUT2D eigenvalue weighted by molar-refractivity contribution is 6.01. The molecular weight excluding hydrogens is 294 g/mol. The average molecular weight is 315 g/mol. The number of amides is 1. The van der Waals surface area contributed by atoms with Gasteiger partial charge in [0.25, 0.3) is 0 Å². The van der Waals surface area contributed by atoms with Crippen LogP contribution in [0.4, 0.5) is 5.69 Å². The molecule has 2 aliphatic heterocycles. The molecule has 5 rings (SSSR count). The molecule has 2 saturated heterocycles. The number of carbonyl (C=O) groups is 1. The summed E-state index contributed by atoms with van der Waals surface area (Å²) in [6, 6.07) is 7.63. The number of anilines is 1. The Labute approximate surface area is 135 Å². The highest BCUT2D eigenvalue weighted by atomic mass is 16.6. The van der Waals surface area contributed by atoms with E-state index in [1.165, 1.54) is 0 Å². The van der Waals surface area contributed by atoms with Crippen molar-refractivity contribution in [1.82, 2.24) is 0 Å². The number of methoxy groups -OCH3 is 1. The quantitative estimate of drug-likeness (QED) is 0.924. The van der Waals surface area contributed by atoms with E-state index in [4.69, 9.17) is 9.47 Å². The second-order valence-electron chi connectivity index (χ2n) is 7.23. The number of benzene rings is 1. The van der Waals surface area contributed by atoms with Gasteiger partial charge in [0.15, 0.2) is 5.72 Å². The summed E-state index contributed by atoms with van der Waals surface area (Å²) in [6.45, 7) is 2.07. The molecule has 5 heteroatoms. The van der Waals surface area contributed by atoms with E-state index in [-0.39, 0.29) is 29.8 Å². The van der Waals surface area contributed by atoms with E-state index < -0.39 is 11.8 Å². The molecule has 23 heavy (non-hydrogen) atoms. The first-order valence-electron chi connectivity index (χ1n) is 8.47. The molecule has 2 saturated carbocycles. The molecule has 0 spiro atoms. The predicted molar refractivity (Wildman–Crippen MR) is 83.0 cm³/mol. The Hall–Kier alpha value is -1.59. The number of carbonyl (C=O) groups excluding carboxylic acids is 1. The van der Waals surface area contributed by atoms with E-state index in [0.717, 1.165) is 18.5 Å². The van der Waals surface area contributed by atoms with E-state index in [0.29, 0.717) is 11.7 Å². The summed E-state index contributed by atoms with van der Waals surface area (Å²) in [7, 11) is 1.62. The zero-order valence-corrected chi connectivity index (χ0v) is 13.3. The maximum absolute atomic E-state index is 13.3. The van der Waals surface area contributed by atoms with Gasteiger partial charge in [-0.15, -0.1) is 0 Å². The van der Waals surface area contributed by atoms with Crippen molar-refractivity contribution >= 4 is 11.6 Å². The van der Waals surface area contributed by atoms with Gasteiger partial charge in [-0.1, -0.05) is 19.1 Å². The van der Waals surface area contributed by atoms with Gasteiger partial charge in [-0.25, -0.2) is 0 Å². The Bertz CT molecular complexity index is 691. The molecule has 1 N–H and O–H groups in total. The number of hydrogen-bond acceptors (Lipinski definition) is 4. The maximum atomic E-state index is 13.3. The summed E-state index contributed by atoms with van der Waals surface area (Å²) >= 11 is 0. The van der Waals surface area contributed by atoms with Crippen LogP contribution in [0, 0.1) is 23.7 Å². The average Bonchev–Trinajstić information content (AvgIpc) is 3.23. The van der Waals surface area contributed by atoms with E-state index in [1.807, 2.05) is 29.2 Å². The van der Waals surface area contributed by atoms with Gasteiger partial charge in [-0.05, 0) is 36.8 Å². The van der Waals surface area contributed by atoms with Gasteiger partial charge in [-0.3, -0.25) is 9.69 Å². The highest BCUT2D eigenvalue weighted by Crippen LogP contribution is 2.69. The highest BCUT2D eigenvalue weighted by Gasteiger charge is 2.78. The molecule has 2 heterocycles. The predicted octanol–water partition coefficient (Wildman–Crippen LogP) is 1.79. The van der Waals surface area contributed by atoms with Crippen molar-refractivity contribution in [2.45, 2.75) is 37.7 Å². The van der Waals surface area contributed by atoms with Crippen molar-refractivity contribution in [2.75, 3.05) is 12.0 Å². The fourth-order valence-corrected chi connectivity index (χ4v) is 5.90. The van der Waals surface area contributed by atoms with E-state index in [9.17, 15) is 9.90 Å². The van der Waals surface area contributed by atoms with Gasteiger partial charge in [0.1, 0.15) is 5.75 Å². The second kappa shape index (κ2) is 4.28. The molecule has 4 aliphatic rings. The summed E-state index contributed by atoms with van der Waals surface area (Å²) in [4.78, 5) is 15.1. The van der Waals surface area contributed by atoms with Crippen LogP contribution >= 0.6 is 0 Å². The third-order valence-corrected chi connectivity index (χ3v) is 6.63. The maximum Gasteiger partial charge on any atom is 0.233 e. The largest absolute Gasteiger partial charge is 0.495 e. The van der Waals surface area contributed by atoms with Gasteiger partial charge in [0.2, 0.25) is 5.91 Å². The minimum atomic E-state index is -0.627. The number of rotatable bonds is 3. The zero-order valence-electron chi connectivity index (χ0n) is 13.3. The van der Waals surface area contributed by atoms with Crippen LogP contribution in [-0.4, -0.2) is 36.1 Å². The standard InChI is InChI=1S/C18H21NO4/c1-3-18-14-10-8-9(15(20)16(10)23-18)13(14)17(21)19(18)11-6-4-5-7-12(11)22-2/h4-7,9-10,13-16,20H,3,8H2,1-2H3. The first-order valence-corrected chi connectivity index (χ1v) is 8.47. The van der Waals surface area contributed by atoms with Crippen molar-refractivity contribution in [3.8, 4) is 5.75 Å². The lowest BCUT2D eigenvalue weighted by Gasteiger charge is -2.38. The van der Waals surface area contributed by atoms with E-state index in [2.05, 4.69) is 6.92 Å². The van der Waals surface area contributed by atoms with Crippen LogP contribution in [0.2, 0.25) is 0 Å². The number of para-hydroxylation sites is 2. The number of hydrogen-bond donors (Lipinski definition) is 1.